The van der Waals surface area contributed by atoms with Crippen LogP contribution in [0.15, 0.2) is 79.1 Å². The molecule has 0 aliphatic heterocycles. The lowest BCUT2D eigenvalue weighted by Crippen LogP contribution is -2.00. The zero-order chi connectivity index (χ0) is 22.6. The minimum atomic E-state index is 0.632. The fourth-order valence-corrected chi connectivity index (χ4v) is 3.60. The summed E-state index contributed by atoms with van der Waals surface area (Å²) in [5, 5.41) is 6.65. The van der Waals surface area contributed by atoms with Crippen LogP contribution >= 0.6 is 0 Å². The van der Waals surface area contributed by atoms with E-state index in [0.29, 0.717) is 17.5 Å². The molecule has 3 N–H and O–H groups in total. The van der Waals surface area contributed by atoms with Crippen LogP contribution < -0.4 is 20.1 Å². The summed E-state index contributed by atoms with van der Waals surface area (Å²) in [7, 11) is 3.28. The molecule has 164 valence electrons. The smallest absolute Gasteiger partial charge is 0.205 e. The van der Waals surface area contributed by atoms with Gasteiger partial charge >= 0.3 is 0 Å². The molecule has 0 fully saturated rings. The minimum absolute atomic E-state index is 0.632. The van der Waals surface area contributed by atoms with Gasteiger partial charge in [0.1, 0.15) is 23.6 Å². The molecule has 0 aliphatic carbocycles. The van der Waals surface area contributed by atoms with Gasteiger partial charge in [-0.1, -0.05) is 24.3 Å². The van der Waals surface area contributed by atoms with Crippen molar-refractivity contribution in [2.45, 2.75) is 0 Å². The number of rotatable bonds is 7. The molecule has 0 amide bonds. The van der Waals surface area contributed by atoms with Crippen molar-refractivity contribution in [3.63, 3.8) is 0 Å². The number of nitrogens with one attached hydrogen (secondary N) is 3. The van der Waals surface area contributed by atoms with Crippen molar-refractivity contribution < 1.29 is 9.47 Å². The minimum Gasteiger partial charge on any atom is -0.496 e. The Bertz CT molecular complexity index is 1380. The van der Waals surface area contributed by atoms with E-state index in [9.17, 15) is 0 Å². The quantitative estimate of drug-likeness (QED) is 0.308. The number of aromatic amines is 1. The van der Waals surface area contributed by atoms with E-state index >= 15 is 0 Å². The summed E-state index contributed by atoms with van der Waals surface area (Å²) in [5.41, 5.74) is 5.10. The number of ether oxygens (including phenoxy) is 2. The zero-order valence-electron chi connectivity index (χ0n) is 18.2. The number of aromatic nitrogens is 4. The van der Waals surface area contributed by atoms with Gasteiger partial charge < -0.3 is 25.1 Å². The van der Waals surface area contributed by atoms with E-state index in [2.05, 4.69) is 30.6 Å². The van der Waals surface area contributed by atoms with Gasteiger partial charge in [-0.25, -0.2) is 15.0 Å². The first-order chi connectivity index (χ1) is 16.2. The average molecular weight is 438 g/mol. The third kappa shape index (κ3) is 4.27. The second-order valence-corrected chi connectivity index (χ2v) is 7.26. The summed E-state index contributed by atoms with van der Waals surface area (Å²) < 4.78 is 11.0. The number of imidazole rings is 1. The Balaban J connectivity index is 1.42. The summed E-state index contributed by atoms with van der Waals surface area (Å²) in [6.07, 6.45) is 1.53. The Labute approximate surface area is 190 Å². The largest absolute Gasteiger partial charge is 0.496 e. The average Bonchev–Trinajstić information content (AvgIpc) is 3.27. The van der Waals surface area contributed by atoms with Gasteiger partial charge in [-0.05, 0) is 42.5 Å². The molecule has 0 atom stereocenters. The molecule has 0 bridgehead atoms. The molecule has 0 radical (unpaired) electrons. The van der Waals surface area contributed by atoms with Gasteiger partial charge in [-0.2, -0.15) is 0 Å². The molecule has 0 aliphatic rings. The molecule has 2 aromatic heterocycles. The highest BCUT2D eigenvalue weighted by atomic mass is 16.5. The normalized spacial score (nSPS) is 10.7. The van der Waals surface area contributed by atoms with Crippen LogP contribution in [0.25, 0.3) is 22.3 Å². The molecule has 3 aromatic carbocycles. The molecular formula is C25H22N6O2. The third-order valence-corrected chi connectivity index (χ3v) is 5.16. The highest BCUT2D eigenvalue weighted by molar-refractivity contribution is 5.80. The monoisotopic (exact) mass is 438 g/mol. The molecule has 2 heterocycles. The van der Waals surface area contributed by atoms with Crippen molar-refractivity contribution in [1.29, 1.82) is 0 Å². The SMILES string of the molecule is COc1ccc(Nc2cc(-c3ccccc3OC)ncn2)cc1Nc1nc2ccccc2[nH]1. The summed E-state index contributed by atoms with van der Waals surface area (Å²) in [6, 6.07) is 23.3. The van der Waals surface area contributed by atoms with Crippen LogP contribution in [0.3, 0.4) is 0 Å². The zero-order valence-corrected chi connectivity index (χ0v) is 18.2. The molecule has 8 heteroatoms. The van der Waals surface area contributed by atoms with E-state index in [1.165, 1.54) is 6.33 Å². The van der Waals surface area contributed by atoms with Crippen molar-refractivity contribution in [1.82, 2.24) is 19.9 Å². The van der Waals surface area contributed by atoms with Crippen LogP contribution in [-0.2, 0) is 0 Å². The standard InChI is InChI=1S/C25H22N6O2/c1-32-22-10-6-3-7-17(22)20-14-24(27-15-26-20)28-16-11-12-23(33-2)21(13-16)31-25-29-18-8-4-5-9-19(18)30-25/h3-15H,1-2H3,(H,26,27,28)(H2,29,30,31). The van der Waals surface area contributed by atoms with Crippen LogP contribution in [0.5, 0.6) is 11.5 Å². The molecule has 5 aromatic rings. The van der Waals surface area contributed by atoms with Crippen molar-refractivity contribution in [3.05, 3.63) is 79.1 Å². The van der Waals surface area contributed by atoms with E-state index in [4.69, 9.17) is 9.47 Å². The number of benzene rings is 3. The number of methoxy groups -OCH3 is 2. The molecular weight excluding hydrogens is 416 g/mol. The summed E-state index contributed by atoms with van der Waals surface area (Å²) >= 11 is 0. The highest BCUT2D eigenvalue weighted by Crippen LogP contribution is 2.33. The van der Waals surface area contributed by atoms with Crippen LogP contribution in [0.4, 0.5) is 23.1 Å². The third-order valence-electron chi connectivity index (χ3n) is 5.16. The van der Waals surface area contributed by atoms with E-state index in [1.807, 2.05) is 72.8 Å². The van der Waals surface area contributed by atoms with Crippen LogP contribution in [0.2, 0.25) is 0 Å². The van der Waals surface area contributed by atoms with Crippen LogP contribution in [-0.4, -0.2) is 34.2 Å². The van der Waals surface area contributed by atoms with Crippen LogP contribution in [0, 0.1) is 0 Å². The van der Waals surface area contributed by atoms with Crippen molar-refractivity contribution >= 4 is 34.2 Å². The first-order valence-corrected chi connectivity index (χ1v) is 10.4. The van der Waals surface area contributed by atoms with Gasteiger partial charge in [0, 0.05) is 17.3 Å². The lowest BCUT2D eigenvalue weighted by Gasteiger charge is -2.13. The van der Waals surface area contributed by atoms with E-state index < -0.39 is 0 Å². The number of anilines is 4. The predicted molar refractivity (Wildman–Crippen MR) is 130 cm³/mol. The molecule has 0 unspecified atom stereocenters. The summed E-state index contributed by atoms with van der Waals surface area (Å²) in [4.78, 5) is 16.6. The first-order valence-electron chi connectivity index (χ1n) is 10.4. The number of hydrogen-bond donors (Lipinski definition) is 3. The Hall–Kier alpha value is -4.59. The molecule has 8 nitrogen and oxygen atoms in total. The van der Waals surface area contributed by atoms with Gasteiger partial charge in [-0.15, -0.1) is 0 Å². The highest BCUT2D eigenvalue weighted by Gasteiger charge is 2.11. The van der Waals surface area contributed by atoms with Crippen molar-refractivity contribution in [3.8, 4) is 22.8 Å². The fraction of sp³-hybridized carbons (Fsp3) is 0.0800. The Kier molecular flexibility index (Phi) is 5.47. The molecule has 0 saturated heterocycles. The lowest BCUT2D eigenvalue weighted by molar-refractivity contribution is 0.416. The van der Waals surface area contributed by atoms with E-state index in [0.717, 1.165) is 39.4 Å². The maximum absolute atomic E-state index is 5.53. The predicted octanol–water partition coefficient (Wildman–Crippen LogP) is 5.52. The van der Waals surface area contributed by atoms with Crippen LogP contribution in [0.1, 0.15) is 0 Å². The maximum Gasteiger partial charge on any atom is 0.205 e. The first kappa shape index (κ1) is 20.3. The maximum atomic E-state index is 5.53. The lowest BCUT2D eigenvalue weighted by atomic mass is 10.1. The second kappa shape index (κ2) is 8.88. The van der Waals surface area contributed by atoms with Gasteiger partial charge in [0.05, 0.1) is 36.6 Å². The van der Waals surface area contributed by atoms with E-state index in [1.54, 1.807) is 14.2 Å². The van der Waals surface area contributed by atoms with Crippen molar-refractivity contribution in [2.75, 3.05) is 24.9 Å². The Morgan fingerprint density at radius 2 is 1.61 bits per heavy atom. The second-order valence-electron chi connectivity index (χ2n) is 7.26. The number of fused-ring (bicyclic) bond motifs is 1. The molecule has 33 heavy (non-hydrogen) atoms. The summed E-state index contributed by atoms with van der Waals surface area (Å²) in [5.74, 6) is 2.74. The molecule has 0 saturated carbocycles. The van der Waals surface area contributed by atoms with E-state index in [-0.39, 0.29) is 0 Å². The number of nitrogens with zero attached hydrogens (tertiary/aromatic N) is 3. The summed E-state index contributed by atoms with van der Waals surface area (Å²) in [6.45, 7) is 0. The molecule has 5 rings (SSSR count). The Morgan fingerprint density at radius 3 is 2.45 bits per heavy atom. The van der Waals surface area contributed by atoms with Gasteiger partial charge in [0.2, 0.25) is 5.95 Å². The van der Waals surface area contributed by atoms with Crippen molar-refractivity contribution in [2.24, 2.45) is 0 Å². The Morgan fingerprint density at radius 1 is 0.788 bits per heavy atom. The molecule has 0 spiro atoms. The van der Waals surface area contributed by atoms with Gasteiger partial charge in [0.25, 0.3) is 0 Å². The number of H-pyrrole nitrogens is 1. The number of para-hydroxylation sites is 3. The topological polar surface area (TPSA) is 97.0 Å². The van der Waals surface area contributed by atoms with Gasteiger partial charge in [-0.3, -0.25) is 0 Å². The number of hydrogen-bond acceptors (Lipinski definition) is 7. The fourth-order valence-electron chi connectivity index (χ4n) is 3.60. The van der Waals surface area contributed by atoms with Gasteiger partial charge in [0.15, 0.2) is 0 Å².